The molecule has 1 amide bonds. The lowest BCUT2D eigenvalue weighted by molar-refractivity contribution is -0.114. The lowest BCUT2D eigenvalue weighted by Crippen LogP contribution is -2.24. The molecular weight excluding hydrogens is 321 g/mol. The lowest BCUT2D eigenvalue weighted by Gasteiger charge is -2.04. The minimum atomic E-state index is -3.63. The number of benzene rings is 2. The van der Waals surface area contributed by atoms with Crippen LogP contribution in [-0.2, 0) is 14.8 Å². The summed E-state index contributed by atoms with van der Waals surface area (Å²) in [5.41, 5.74) is 0.730. The number of fused-ring (bicyclic) bond motifs is 1. The molecule has 0 atom stereocenters. The number of nitrogens with zero attached hydrogens (tertiary/aromatic N) is 1. The van der Waals surface area contributed by atoms with Crippen LogP contribution in [0.5, 0.6) is 0 Å². The average Bonchev–Trinajstić information content (AvgIpc) is 2.77. The summed E-state index contributed by atoms with van der Waals surface area (Å²) in [5, 5.41) is 2.49. The van der Waals surface area contributed by atoms with Crippen LogP contribution in [0.3, 0.4) is 0 Å². The number of nitrogens with one attached hydrogen (secondary N) is 2. The van der Waals surface area contributed by atoms with Crippen molar-refractivity contribution in [1.82, 2.24) is 4.72 Å². The second-order valence-corrected chi connectivity index (χ2v) is 6.48. The maximum atomic E-state index is 13.0. The molecule has 0 aliphatic carbocycles. The highest BCUT2D eigenvalue weighted by Crippen LogP contribution is 2.22. The Labute approximate surface area is 132 Å². The first-order valence-electron chi connectivity index (χ1n) is 6.68. The van der Waals surface area contributed by atoms with Crippen molar-refractivity contribution in [3.63, 3.8) is 0 Å². The van der Waals surface area contributed by atoms with Crippen molar-refractivity contribution in [2.24, 2.45) is 4.99 Å². The molecular formula is C15H12FN3O3S. The summed E-state index contributed by atoms with van der Waals surface area (Å²) in [6.45, 7) is -0.289. The smallest absolute Gasteiger partial charge is 0.263 e. The van der Waals surface area contributed by atoms with Gasteiger partial charge in [0.2, 0.25) is 5.91 Å². The molecule has 1 aliphatic heterocycles. The van der Waals surface area contributed by atoms with Gasteiger partial charge < -0.3 is 5.32 Å². The highest BCUT2D eigenvalue weighted by molar-refractivity contribution is 7.90. The van der Waals surface area contributed by atoms with Gasteiger partial charge in [0, 0.05) is 11.3 Å². The summed E-state index contributed by atoms with van der Waals surface area (Å²) in [6, 6.07) is 11.8. The number of amidine groups is 1. The Morgan fingerprint density at radius 1 is 1.17 bits per heavy atom. The predicted octanol–water partition coefficient (Wildman–Crippen LogP) is 1.50. The van der Waals surface area contributed by atoms with Crippen LogP contribution in [0.1, 0.15) is 5.56 Å². The molecule has 23 heavy (non-hydrogen) atoms. The molecule has 0 aromatic heterocycles. The summed E-state index contributed by atoms with van der Waals surface area (Å²) in [4.78, 5) is 16.0. The summed E-state index contributed by atoms with van der Waals surface area (Å²) in [6.07, 6.45) is 0. The van der Waals surface area contributed by atoms with E-state index in [0.717, 1.165) is 0 Å². The number of halogens is 1. The number of rotatable bonds is 3. The fourth-order valence-corrected chi connectivity index (χ4v) is 3.42. The van der Waals surface area contributed by atoms with Crippen molar-refractivity contribution in [2.75, 3.05) is 11.9 Å². The number of aliphatic imine (C=N–C) groups is 1. The zero-order valence-corrected chi connectivity index (χ0v) is 12.6. The third-order valence-corrected chi connectivity index (χ3v) is 4.55. The van der Waals surface area contributed by atoms with Crippen LogP contribution in [0.4, 0.5) is 10.1 Å². The van der Waals surface area contributed by atoms with Gasteiger partial charge in [0.25, 0.3) is 10.0 Å². The van der Waals surface area contributed by atoms with E-state index in [4.69, 9.17) is 0 Å². The van der Waals surface area contributed by atoms with E-state index >= 15 is 0 Å². The lowest BCUT2D eigenvalue weighted by atomic mass is 10.2. The summed E-state index contributed by atoms with van der Waals surface area (Å²) >= 11 is 0. The number of amides is 1. The Balaban J connectivity index is 1.75. The molecule has 0 bridgehead atoms. The molecule has 0 unspecified atom stereocenters. The summed E-state index contributed by atoms with van der Waals surface area (Å²) < 4.78 is 39.2. The monoisotopic (exact) mass is 333 g/mol. The Morgan fingerprint density at radius 3 is 2.74 bits per heavy atom. The zero-order valence-electron chi connectivity index (χ0n) is 11.8. The molecule has 0 saturated heterocycles. The molecule has 118 valence electrons. The number of carbonyl (C=O) groups excluding carboxylic acids is 1. The number of hydrogen-bond donors (Lipinski definition) is 2. The molecule has 0 fully saturated rings. The second kappa shape index (κ2) is 5.81. The predicted molar refractivity (Wildman–Crippen MR) is 83.2 cm³/mol. The normalized spacial score (nSPS) is 16.7. The average molecular weight is 333 g/mol. The molecule has 1 aliphatic rings. The van der Waals surface area contributed by atoms with Gasteiger partial charge in [-0.25, -0.2) is 12.8 Å². The quantitative estimate of drug-likeness (QED) is 0.892. The number of sulfonamides is 1. The fourth-order valence-electron chi connectivity index (χ4n) is 2.17. The minimum Gasteiger partial charge on any atom is -0.324 e. The van der Waals surface area contributed by atoms with Gasteiger partial charge in [-0.1, -0.05) is 18.2 Å². The molecule has 0 saturated carbocycles. The molecule has 2 aromatic rings. The van der Waals surface area contributed by atoms with Crippen molar-refractivity contribution in [2.45, 2.75) is 4.90 Å². The van der Waals surface area contributed by atoms with Crippen molar-refractivity contribution < 1.29 is 17.6 Å². The van der Waals surface area contributed by atoms with Gasteiger partial charge >= 0.3 is 0 Å². The number of hydrogen-bond acceptors (Lipinski definition) is 4. The Bertz CT molecular complexity index is 910. The van der Waals surface area contributed by atoms with Crippen LogP contribution in [0.25, 0.3) is 0 Å². The highest BCUT2D eigenvalue weighted by atomic mass is 32.2. The van der Waals surface area contributed by atoms with E-state index in [2.05, 4.69) is 15.0 Å². The van der Waals surface area contributed by atoms with Crippen molar-refractivity contribution >= 4 is 27.5 Å². The van der Waals surface area contributed by atoms with E-state index in [9.17, 15) is 17.6 Å². The van der Waals surface area contributed by atoms with Crippen LogP contribution in [0.15, 0.2) is 58.4 Å². The van der Waals surface area contributed by atoms with Gasteiger partial charge in [-0.3, -0.25) is 14.5 Å². The Morgan fingerprint density at radius 2 is 1.96 bits per heavy atom. The Hall–Kier alpha value is -2.74. The maximum Gasteiger partial charge on any atom is 0.263 e. The summed E-state index contributed by atoms with van der Waals surface area (Å²) in [5.74, 6) is -0.826. The first-order valence-corrected chi connectivity index (χ1v) is 8.16. The van der Waals surface area contributed by atoms with Crippen molar-refractivity contribution in [3.8, 4) is 0 Å². The van der Waals surface area contributed by atoms with Crippen LogP contribution < -0.4 is 10.0 Å². The van der Waals surface area contributed by atoms with Crippen LogP contribution in [0.2, 0.25) is 0 Å². The van der Waals surface area contributed by atoms with Crippen LogP contribution in [-0.4, -0.2) is 26.7 Å². The second-order valence-electron chi connectivity index (χ2n) is 4.83. The van der Waals surface area contributed by atoms with Crippen LogP contribution >= 0.6 is 0 Å². The number of carbonyl (C=O) groups is 1. The highest BCUT2D eigenvalue weighted by Gasteiger charge is 2.30. The largest absolute Gasteiger partial charge is 0.324 e. The van der Waals surface area contributed by atoms with Gasteiger partial charge in [-0.2, -0.15) is 0 Å². The van der Waals surface area contributed by atoms with E-state index in [1.165, 1.54) is 24.3 Å². The SMILES string of the molecule is O=C(CN=C1NS(=O)(=O)c2ccccc21)Nc1cccc(F)c1. The third-order valence-electron chi connectivity index (χ3n) is 3.15. The van der Waals surface area contributed by atoms with Crippen molar-refractivity contribution in [3.05, 3.63) is 59.9 Å². The molecule has 0 spiro atoms. The molecule has 2 aromatic carbocycles. The van der Waals surface area contributed by atoms with E-state index in [1.807, 2.05) is 0 Å². The summed E-state index contributed by atoms with van der Waals surface area (Å²) in [7, 11) is -3.63. The van der Waals surface area contributed by atoms with Gasteiger partial charge in [0.05, 0.1) is 4.90 Å². The molecule has 2 N–H and O–H groups in total. The van der Waals surface area contributed by atoms with Crippen LogP contribution in [0, 0.1) is 5.82 Å². The molecule has 0 radical (unpaired) electrons. The van der Waals surface area contributed by atoms with E-state index in [-0.39, 0.29) is 17.3 Å². The van der Waals surface area contributed by atoms with E-state index in [0.29, 0.717) is 11.3 Å². The van der Waals surface area contributed by atoms with E-state index < -0.39 is 21.7 Å². The number of anilines is 1. The van der Waals surface area contributed by atoms with Gasteiger partial charge in [0.1, 0.15) is 18.2 Å². The van der Waals surface area contributed by atoms with Gasteiger partial charge in [-0.05, 0) is 30.3 Å². The fraction of sp³-hybridized carbons (Fsp3) is 0.0667. The Kier molecular flexibility index (Phi) is 3.83. The maximum absolute atomic E-state index is 13.0. The third kappa shape index (κ3) is 3.21. The zero-order chi connectivity index (χ0) is 16.4. The van der Waals surface area contributed by atoms with E-state index in [1.54, 1.807) is 24.3 Å². The standard InChI is InChI=1S/C15H12FN3O3S/c16-10-4-3-5-11(8-10)18-14(20)9-17-15-12-6-1-2-7-13(12)23(21,22)19-15/h1-8H,9H2,(H,17,19)(H,18,20). The molecule has 3 rings (SSSR count). The van der Waals surface area contributed by atoms with Gasteiger partial charge in [0.15, 0.2) is 0 Å². The first-order chi connectivity index (χ1) is 11.0. The molecule has 6 nitrogen and oxygen atoms in total. The first kappa shape index (κ1) is 15.2. The molecule has 8 heteroatoms. The van der Waals surface area contributed by atoms with Crippen molar-refractivity contribution in [1.29, 1.82) is 0 Å². The minimum absolute atomic E-state index is 0.120. The topological polar surface area (TPSA) is 87.6 Å². The molecule has 1 heterocycles. The van der Waals surface area contributed by atoms with Gasteiger partial charge in [-0.15, -0.1) is 0 Å².